The van der Waals surface area contributed by atoms with Gasteiger partial charge in [-0.1, -0.05) is 227 Å². The monoisotopic (exact) mass is 1030 g/mol. The highest BCUT2D eigenvalue weighted by Gasteiger charge is 2.27. The first-order chi connectivity index (χ1) is 35.0. The molecule has 10 heteroatoms. The second-order valence-corrected chi connectivity index (χ2v) is 21.7. The van der Waals surface area contributed by atoms with E-state index in [1.54, 1.807) is 0 Å². The molecule has 0 aliphatic heterocycles. The molecule has 0 aromatic rings. The van der Waals surface area contributed by atoms with Crippen LogP contribution in [0.5, 0.6) is 0 Å². The van der Waals surface area contributed by atoms with E-state index in [2.05, 4.69) is 111 Å². The maximum absolute atomic E-state index is 12.8. The van der Waals surface area contributed by atoms with Crippen LogP contribution in [0.2, 0.25) is 0 Å². The van der Waals surface area contributed by atoms with Gasteiger partial charge >= 0.3 is 19.8 Å². The zero-order chi connectivity index (χ0) is 52.7. The minimum Gasteiger partial charge on any atom is -0.462 e. The van der Waals surface area contributed by atoms with E-state index in [0.717, 1.165) is 89.9 Å². The van der Waals surface area contributed by atoms with Crippen molar-refractivity contribution in [3.8, 4) is 0 Å². The molecule has 0 radical (unpaired) electrons. The molecule has 0 aromatic carbocycles. The third kappa shape index (κ3) is 56.2. The Balaban J connectivity index is 4.02. The van der Waals surface area contributed by atoms with Gasteiger partial charge in [0.25, 0.3) is 0 Å². The average Bonchev–Trinajstić information content (AvgIpc) is 3.34. The van der Waals surface area contributed by atoms with Gasteiger partial charge in [-0.2, -0.15) is 0 Å². The molecule has 0 rings (SSSR count). The Morgan fingerprint density at radius 1 is 0.431 bits per heavy atom. The number of quaternary nitrogens is 1. The first-order valence-electron chi connectivity index (χ1n) is 29.0. The molecule has 2 unspecified atom stereocenters. The maximum atomic E-state index is 12.8. The molecule has 0 aliphatic rings. The molecule has 2 atom stereocenters. The predicted molar refractivity (Wildman–Crippen MR) is 307 cm³/mol. The lowest BCUT2D eigenvalue weighted by Crippen LogP contribution is -2.37. The molecule has 9 nitrogen and oxygen atoms in total. The Morgan fingerprint density at radius 2 is 0.750 bits per heavy atom. The zero-order valence-corrected chi connectivity index (χ0v) is 47.8. The van der Waals surface area contributed by atoms with Gasteiger partial charge < -0.3 is 18.9 Å². The number of unbranched alkanes of at least 4 members (excludes halogenated alkanes) is 22. The highest BCUT2D eigenvalue weighted by molar-refractivity contribution is 7.47. The van der Waals surface area contributed by atoms with E-state index in [1.807, 2.05) is 21.1 Å². The highest BCUT2D eigenvalue weighted by Crippen LogP contribution is 2.43. The van der Waals surface area contributed by atoms with Crippen molar-refractivity contribution < 1.29 is 42.1 Å². The van der Waals surface area contributed by atoms with Crippen LogP contribution < -0.4 is 0 Å². The van der Waals surface area contributed by atoms with Crippen molar-refractivity contribution in [3.05, 3.63) is 97.2 Å². The quantitative estimate of drug-likeness (QED) is 0.0211. The summed E-state index contributed by atoms with van der Waals surface area (Å²) in [6.45, 7) is 4.17. The van der Waals surface area contributed by atoms with Crippen molar-refractivity contribution in [1.82, 2.24) is 0 Å². The first kappa shape index (κ1) is 68.9. The molecule has 0 aliphatic carbocycles. The van der Waals surface area contributed by atoms with Crippen molar-refractivity contribution in [2.45, 2.75) is 238 Å². The Labute approximate surface area is 443 Å². The molecule has 0 saturated carbocycles. The summed E-state index contributed by atoms with van der Waals surface area (Å²) in [6, 6.07) is 0. The van der Waals surface area contributed by atoms with E-state index in [1.165, 1.54) is 103 Å². The average molecular weight is 1030 g/mol. The fourth-order valence-corrected chi connectivity index (χ4v) is 8.45. The summed E-state index contributed by atoms with van der Waals surface area (Å²) in [4.78, 5) is 35.6. The number of phosphoric ester groups is 1. The summed E-state index contributed by atoms with van der Waals surface area (Å²) in [6.07, 6.45) is 72.2. The van der Waals surface area contributed by atoms with Gasteiger partial charge in [0, 0.05) is 12.8 Å². The number of hydrogen-bond donors (Lipinski definition) is 1. The molecule has 0 bridgehead atoms. The molecule has 0 spiro atoms. The summed E-state index contributed by atoms with van der Waals surface area (Å²) < 4.78 is 34.4. The molecule has 0 aromatic heterocycles. The van der Waals surface area contributed by atoms with E-state index in [4.69, 9.17) is 18.5 Å². The largest absolute Gasteiger partial charge is 0.472 e. The van der Waals surface area contributed by atoms with Crippen LogP contribution in [-0.4, -0.2) is 74.9 Å². The van der Waals surface area contributed by atoms with Crippen LogP contribution in [0.15, 0.2) is 97.2 Å². The lowest BCUT2D eigenvalue weighted by atomic mass is 10.0. The molecule has 0 fully saturated rings. The molecular formula is C62H109NO8P+. The third-order valence-electron chi connectivity index (χ3n) is 12.1. The summed E-state index contributed by atoms with van der Waals surface area (Å²) in [7, 11) is 1.46. The van der Waals surface area contributed by atoms with Crippen molar-refractivity contribution in [2.24, 2.45) is 0 Å². The van der Waals surface area contributed by atoms with Gasteiger partial charge in [-0.25, -0.2) is 4.57 Å². The number of allylic oxidation sites excluding steroid dienone is 16. The Bertz CT molecular complexity index is 1540. The Morgan fingerprint density at radius 3 is 1.12 bits per heavy atom. The van der Waals surface area contributed by atoms with Gasteiger partial charge in [-0.3, -0.25) is 18.6 Å². The van der Waals surface area contributed by atoms with Gasteiger partial charge in [0.05, 0.1) is 27.7 Å². The molecule has 0 heterocycles. The van der Waals surface area contributed by atoms with E-state index < -0.39 is 32.5 Å². The van der Waals surface area contributed by atoms with Gasteiger partial charge in [-0.15, -0.1) is 0 Å². The number of nitrogens with zero attached hydrogens (tertiary/aromatic N) is 1. The second-order valence-electron chi connectivity index (χ2n) is 20.3. The van der Waals surface area contributed by atoms with E-state index in [0.29, 0.717) is 23.9 Å². The van der Waals surface area contributed by atoms with Gasteiger partial charge in [0.15, 0.2) is 6.10 Å². The summed E-state index contributed by atoms with van der Waals surface area (Å²) in [5.41, 5.74) is 0. The first-order valence-corrected chi connectivity index (χ1v) is 30.5. The number of hydrogen-bond acceptors (Lipinski definition) is 7. The number of phosphoric acid groups is 1. The van der Waals surface area contributed by atoms with Crippen LogP contribution in [0.1, 0.15) is 232 Å². The van der Waals surface area contributed by atoms with E-state index in [-0.39, 0.29) is 26.1 Å². The van der Waals surface area contributed by atoms with Crippen molar-refractivity contribution >= 4 is 19.8 Å². The summed E-state index contributed by atoms with van der Waals surface area (Å²) in [5.74, 6) is -0.832. The Kier molecular flexibility index (Phi) is 50.5. The fourth-order valence-electron chi connectivity index (χ4n) is 7.70. The number of carbonyl (C=O) groups excluding carboxylic acids is 2. The third-order valence-corrected chi connectivity index (χ3v) is 13.1. The summed E-state index contributed by atoms with van der Waals surface area (Å²) >= 11 is 0. The number of likely N-dealkylation sites (N-methyl/N-ethyl adjacent to an activating group) is 1. The van der Waals surface area contributed by atoms with Crippen molar-refractivity contribution in [3.63, 3.8) is 0 Å². The van der Waals surface area contributed by atoms with Crippen LogP contribution in [0.4, 0.5) is 0 Å². The van der Waals surface area contributed by atoms with Crippen molar-refractivity contribution in [1.29, 1.82) is 0 Å². The SMILES string of the molecule is CC/C=C\C/C=C\C/C=C\C/C=C\C/C=C\CCCCCCCCCCCCCCCCCCCCCC(=O)OC(COC(=O)CCCCC/C=C\C/C=C\C/C=C\CC)COP(=O)(O)OCC[N+](C)(C)C. The Hall–Kier alpha value is -3.07. The maximum Gasteiger partial charge on any atom is 0.472 e. The number of esters is 2. The normalized spacial score (nSPS) is 14.0. The molecule has 72 heavy (non-hydrogen) atoms. The van der Waals surface area contributed by atoms with E-state index >= 15 is 0 Å². The lowest BCUT2D eigenvalue weighted by molar-refractivity contribution is -0.870. The molecule has 1 N–H and O–H groups in total. The fraction of sp³-hybridized carbons (Fsp3) is 0.710. The van der Waals surface area contributed by atoms with Gasteiger partial charge in [-0.05, 0) is 89.9 Å². The minimum absolute atomic E-state index is 0.0241. The van der Waals surface area contributed by atoms with Crippen LogP contribution in [0.3, 0.4) is 0 Å². The lowest BCUT2D eigenvalue weighted by Gasteiger charge is -2.24. The van der Waals surface area contributed by atoms with Gasteiger partial charge in [0.2, 0.25) is 0 Å². The van der Waals surface area contributed by atoms with Crippen LogP contribution in [0.25, 0.3) is 0 Å². The standard InChI is InChI=1S/C62H108NO8P/c1-6-8-10-12-14-16-18-20-21-22-23-24-25-26-27-28-29-30-31-32-33-34-35-36-37-38-39-40-41-43-45-47-49-51-53-55-62(65)71-60(59-70-72(66,67)69-57-56-63(3,4)5)58-68-61(64)54-52-50-48-46-44-42-19-17-15-13-11-9-7-2/h8-11,14-17,20-21,23-24,26-27,42,44,60H,6-7,12-13,18-19,22,25,28-41,43,45-59H2,1-5H3/p+1/b10-8-,11-9-,16-14-,17-15-,21-20-,24-23-,27-26-,44-42-. The predicted octanol–water partition coefficient (Wildman–Crippen LogP) is 18.0. The molecule has 414 valence electrons. The van der Waals surface area contributed by atoms with Crippen molar-refractivity contribution in [2.75, 3.05) is 47.5 Å². The topological polar surface area (TPSA) is 108 Å². The highest BCUT2D eigenvalue weighted by atomic mass is 31.2. The van der Waals surface area contributed by atoms with Gasteiger partial charge in [0.1, 0.15) is 19.8 Å². The minimum atomic E-state index is -4.39. The molecule has 0 amide bonds. The smallest absolute Gasteiger partial charge is 0.462 e. The number of ether oxygens (including phenoxy) is 2. The molecule has 0 saturated heterocycles. The second kappa shape index (κ2) is 52.8. The van der Waals surface area contributed by atoms with Crippen LogP contribution in [0, 0.1) is 0 Å². The van der Waals surface area contributed by atoms with Crippen LogP contribution in [-0.2, 0) is 32.7 Å². The van der Waals surface area contributed by atoms with E-state index in [9.17, 15) is 19.0 Å². The zero-order valence-electron chi connectivity index (χ0n) is 46.9. The number of rotatable bonds is 52. The number of carbonyl (C=O) groups is 2. The molecular weight excluding hydrogens is 918 g/mol. The van der Waals surface area contributed by atoms with Crippen LogP contribution >= 0.6 is 7.82 Å². The summed E-state index contributed by atoms with van der Waals surface area (Å²) in [5, 5.41) is 0.